The van der Waals surface area contributed by atoms with Crippen molar-refractivity contribution in [3.05, 3.63) is 7.11 Å². The Balaban J connectivity index is 2.70. The van der Waals surface area contributed by atoms with E-state index in [9.17, 15) is 4.79 Å². The van der Waals surface area contributed by atoms with Crippen LogP contribution in [0.2, 0.25) is 0 Å². The Bertz CT molecular complexity index is 73.3. The van der Waals surface area contributed by atoms with Crippen molar-refractivity contribution in [2.24, 2.45) is 0 Å². The first-order valence-corrected chi connectivity index (χ1v) is 3.27. The standard InChI is InChI=1S/C7H12O3/c1-9-5-3-2-4-6-10-7-8/h1-6H2. The van der Waals surface area contributed by atoms with E-state index in [0.29, 0.717) is 13.2 Å². The molecular formula is C7H12O3. The molecule has 0 aliphatic carbocycles. The first-order chi connectivity index (χ1) is 4.91. The van der Waals surface area contributed by atoms with Crippen LogP contribution < -0.4 is 0 Å². The Morgan fingerprint density at radius 1 is 1.20 bits per heavy atom. The second-order valence-electron chi connectivity index (χ2n) is 1.90. The fourth-order valence-corrected chi connectivity index (χ4v) is 0.597. The maximum atomic E-state index is 9.51. The third-order valence-electron chi connectivity index (χ3n) is 1.09. The molecule has 0 N–H and O–H groups in total. The minimum atomic E-state index is 0.459. The van der Waals surface area contributed by atoms with Gasteiger partial charge >= 0.3 is 6.47 Å². The average molecular weight is 144 g/mol. The summed E-state index contributed by atoms with van der Waals surface area (Å²) in [4.78, 5) is 9.51. The van der Waals surface area contributed by atoms with Gasteiger partial charge in [0.05, 0.1) is 13.7 Å². The Morgan fingerprint density at radius 2 is 1.90 bits per heavy atom. The first kappa shape index (κ1) is 9.43. The Kier molecular flexibility index (Phi) is 7.95. The van der Waals surface area contributed by atoms with E-state index in [1.165, 1.54) is 6.47 Å². The normalized spacial score (nSPS) is 9.30. The van der Waals surface area contributed by atoms with Crippen LogP contribution in [-0.4, -0.2) is 19.7 Å². The lowest BCUT2D eigenvalue weighted by atomic mass is 10.2. The summed E-state index contributed by atoms with van der Waals surface area (Å²) in [5.41, 5.74) is 0. The zero-order valence-electron chi connectivity index (χ0n) is 5.97. The Morgan fingerprint density at radius 3 is 2.50 bits per heavy atom. The van der Waals surface area contributed by atoms with E-state index in [2.05, 4.69) is 16.6 Å². The summed E-state index contributed by atoms with van der Waals surface area (Å²) in [6.07, 6.45) is 2.83. The summed E-state index contributed by atoms with van der Waals surface area (Å²) in [7, 11) is 3.23. The van der Waals surface area contributed by atoms with Crippen LogP contribution in [-0.2, 0) is 14.3 Å². The van der Waals surface area contributed by atoms with E-state index in [1.54, 1.807) is 0 Å². The molecule has 0 fully saturated rings. The van der Waals surface area contributed by atoms with E-state index in [-0.39, 0.29) is 0 Å². The lowest BCUT2D eigenvalue weighted by Gasteiger charge is -1.97. The summed E-state index contributed by atoms with van der Waals surface area (Å²) in [6, 6.07) is 0. The Hall–Kier alpha value is -0.570. The molecule has 58 valence electrons. The second kappa shape index (κ2) is 8.43. The number of rotatable bonds is 7. The van der Waals surface area contributed by atoms with Crippen LogP contribution in [0, 0.1) is 7.11 Å². The van der Waals surface area contributed by atoms with Crippen molar-refractivity contribution >= 4 is 6.47 Å². The molecule has 0 amide bonds. The van der Waals surface area contributed by atoms with Crippen LogP contribution in [0.3, 0.4) is 0 Å². The number of hydrogen-bond acceptors (Lipinski definition) is 3. The van der Waals surface area contributed by atoms with Gasteiger partial charge in [-0.15, -0.1) is 0 Å². The number of carbonyl (C=O) groups excluding carboxylic acids is 1. The molecule has 0 spiro atoms. The average Bonchev–Trinajstić information content (AvgIpc) is 1.97. The van der Waals surface area contributed by atoms with Crippen molar-refractivity contribution in [3.63, 3.8) is 0 Å². The van der Waals surface area contributed by atoms with Gasteiger partial charge in [-0.3, -0.25) is 0 Å². The maximum absolute atomic E-state index is 9.51. The highest BCUT2D eigenvalue weighted by Crippen LogP contribution is 1.94. The van der Waals surface area contributed by atoms with E-state index in [0.717, 1.165) is 19.3 Å². The fraction of sp³-hybridized carbons (Fsp3) is 0.714. The van der Waals surface area contributed by atoms with Crippen molar-refractivity contribution in [2.45, 2.75) is 19.3 Å². The predicted molar refractivity (Wildman–Crippen MR) is 36.8 cm³/mol. The molecule has 2 radical (unpaired) electrons. The minimum absolute atomic E-state index is 0.459. The minimum Gasteiger partial charge on any atom is -0.457 e. The monoisotopic (exact) mass is 144 g/mol. The van der Waals surface area contributed by atoms with Crippen LogP contribution in [0.15, 0.2) is 0 Å². The SMILES string of the molecule is [CH2]OCCCCCO[C]=O. The van der Waals surface area contributed by atoms with Gasteiger partial charge in [0.2, 0.25) is 0 Å². The molecule has 0 aromatic heterocycles. The van der Waals surface area contributed by atoms with Gasteiger partial charge in [-0.25, -0.2) is 4.79 Å². The molecule has 0 saturated carbocycles. The van der Waals surface area contributed by atoms with E-state index in [1.807, 2.05) is 0 Å². The highest BCUT2D eigenvalue weighted by molar-refractivity contribution is 5.37. The third-order valence-corrected chi connectivity index (χ3v) is 1.09. The quantitative estimate of drug-likeness (QED) is 0.501. The molecule has 0 bridgehead atoms. The van der Waals surface area contributed by atoms with Gasteiger partial charge in [0.15, 0.2) is 0 Å². The van der Waals surface area contributed by atoms with Gasteiger partial charge in [-0.2, -0.15) is 0 Å². The maximum Gasteiger partial charge on any atom is 0.417 e. The molecule has 0 aromatic carbocycles. The van der Waals surface area contributed by atoms with Gasteiger partial charge in [-0.05, 0) is 19.3 Å². The van der Waals surface area contributed by atoms with E-state index < -0.39 is 0 Å². The molecule has 0 atom stereocenters. The molecule has 10 heavy (non-hydrogen) atoms. The van der Waals surface area contributed by atoms with Crippen molar-refractivity contribution in [3.8, 4) is 0 Å². The molecule has 0 aliphatic heterocycles. The number of unbranched alkanes of at least 4 members (excludes halogenated alkanes) is 2. The lowest BCUT2D eigenvalue weighted by Crippen LogP contribution is -1.93. The summed E-state index contributed by atoms with van der Waals surface area (Å²) < 4.78 is 8.93. The van der Waals surface area contributed by atoms with Crippen molar-refractivity contribution in [1.82, 2.24) is 0 Å². The summed E-state index contributed by atoms with van der Waals surface area (Å²) in [5.74, 6) is 0. The second-order valence-corrected chi connectivity index (χ2v) is 1.90. The van der Waals surface area contributed by atoms with Gasteiger partial charge in [0, 0.05) is 6.61 Å². The van der Waals surface area contributed by atoms with Crippen LogP contribution in [0.4, 0.5) is 0 Å². The molecule has 3 heteroatoms. The molecule has 0 heterocycles. The van der Waals surface area contributed by atoms with E-state index in [4.69, 9.17) is 0 Å². The predicted octanol–water partition coefficient (Wildman–Crippen LogP) is 1.05. The molecule has 0 rings (SSSR count). The smallest absolute Gasteiger partial charge is 0.417 e. The summed E-state index contributed by atoms with van der Waals surface area (Å²) in [6.45, 7) is 2.50. The van der Waals surface area contributed by atoms with Crippen molar-refractivity contribution in [2.75, 3.05) is 13.2 Å². The van der Waals surface area contributed by atoms with Crippen molar-refractivity contribution in [1.29, 1.82) is 0 Å². The molecule has 0 aromatic rings. The molecular weight excluding hydrogens is 132 g/mol. The molecule has 0 aliphatic rings. The third kappa shape index (κ3) is 7.43. The van der Waals surface area contributed by atoms with Crippen LogP contribution >= 0.6 is 0 Å². The number of hydrogen-bond donors (Lipinski definition) is 0. The van der Waals surface area contributed by atoms with Crippen molar-refractivity contribution < 1.29 is 14.3 Å². The lowest BCUT2D eigenvalue weighted by molar-refractivity contribution is 0.224. The Labute approximate surface area is 61.3 Å². The number of ether oxygens (including phenoxy) is 2. The van der Waals surface area contributed by atoms with Gasteiger partial charge in [0.25, 0.3) is 0 Å². The van der Waals surface area contributed by atoms with Gasteiger partial charge in [-0.1, -0.05) is 0 Å². The zero-order valence-corrected chi connectivity index (χ0v) is 5.97. The topological polar surface area (TPSA) is 35.5 Å². The molecule has 0 saturated heterocycles. The zero-order chi connectivity index (χ0) is 7.66. The highest BCUT2D eigenvalue weighted by atomic mass is 16.5. The van der Waals surface area contributed by atoms with Gasteiger partial charge < -0.3 is 9.47 Å². The van der Waals surface area contributed by atoms with Crippen LogP contribution in [0.5, 0.6) is 0 Å². The first-order valence-electron chi connectivity index (χ1n) is 3.27. The summed E-state index contributed by atoms with van der Waals surface area (Å²) >= 11 is 0. The molecule has 3 nitrogen and oxygen atoms in total. The van der Waals surface area contributed by atoms with Gasteiger partial charge in [0.1, 0.15) is 0 Å². The fourth-order valence-electron chi connectivity index (χ4n) is 0.597. The van der Waals surface area contributed by atoms with Crippen LogP contribution in [0.1, 0.15) is 19.3 Å². The highest BCUT2D eigenvalue weighted by Gasteiger charge is 1.88. The largest absolute Gasteiger partial charge is 0.457 e. The summed E-state index contributed by atoms with van der Waals surface area (Å²) in [5, 5.41) is 0. The molecule has 0 unspecified atom stereocenters. The van der Waals surface area contributed by atoms with E-state index >= 15 is 0 Å². The van der Waals surface area contributed by atoms with Crippen LogP contribution in [0.25, 0.3) is 0 Å².